The van der Waals surface area contributed by atoms with Crippen LogP contribution in [0.25, 0.3) is 0 Å². The number of rotatable bonds is 8. The van der Waals surface area contributed by atoms with Gasteiger partial charge in [-0.05, 0) is 81.2 Å². The number of amides is 4. The summed E-state index contributed by atoms with van der Waals surface area (Å²) < 4.78 is 33.5. The molecule has 0 atom stereocenters. The topological polar surface area (TPSA) is 116 Å². The van der Waals surface area contributed by atoms with Crippen LogP contribution in [0.15, 0.2) is 60.8 Å². The summed E-state index contributed by atoms with van der Waals surface area (Å²) in [5.74, 6) is -1.77. The molecule has 3 heterocycles. The Balaban J connectivity index is 1.10. The predicted molar refractivity (Wildman–Crippen MR) is 158 cm³/mol. The van der Waals surface area contributed by atoms with E-state index < -0.39 is 29.9 Å². The lowest BCUT2D eigenvalue weighted by molar-refractivity contribution is -0.123. The van der Waals surface area contributed by atoms with Crippen LogP contribution in [-0.4, -0.2) is 64.9 Å². The van der Waals surface area contributed by atoms with E-state index >= 15 is 0 Å². The normalized spacial score (nSPS) is 15.9. The molecule has 2 saturated heterocycles. The molecule has 4 amide bonds. The molecular formula is C31H34F2N6O4. The summed E-state index contributed by atoms with van der Waals surface area (Å²) in [5, 5.41) is 7.64. The van der Waals surface area contributed by atoms with Gasteiger partial charge in [-0.2, -0.15) is 0 Å². The number of anilines is 3. The molecule has 0 saturated carbocycles. The molecule has 12 heteroatoms. The van der Waals surface area contributed by atoms with Crippen LogP contribution in [0.3, 0.4) is 0 Å². The highest BCUT2D eigenvalue weighted by Crippen LogP contribution is 2.27. The van der Waals surface area contributed by atoms with E-state index in [1.54, 1.807) is 17.0 Å². The monoisotopic (exact) mass is 592 g/mol. The van der Waals surface area contributed by atoms with Gasteiger partial charge in [0, 0.05) is 43.1 Å². The van der Waals surface area contributed by atoms with Crippen molar-refractivity contribution in [2.75, 3.05) is 42.1 Å². The highest BCUT2D eigenvalue weighted by atomic mass is 19.1. The molecular weight excluding hydrogens is 558 g/mol. The van der Waals surface area contributed by atoms with Gasteiger partial charge < -0.3 is 25.2 Å². The third kappa shape index (κ3) is 8.48. The Morgan fingerprint density at radius 3 is 2.23 bits per heavy atom. The van der Waals surface area contributed by atoms with Crippen LogP contribution in [0, 0.1) is 11.6 Å². The third-order valence-corrected chi connectivity index (χ3v) is 7.52. The lowest BCUT2D eigenvalue weighted by Crippen LogP contribution is -2.49. The number of nitrogens with zero attached hydrogens (tertiary/aromatic N) is 3. The highest BCUT2D eigenvalue weighted by Gasteiger charge is 2.27. The minimum Gasteiger partial charge on any atom is -0.457 e. The maximum atomic E-state index is 14.7. The van der Waals surface area contributed by atoms with Crippen LogP contribution in [0.1, 0.15) is 38.5 Å². The number of carbonyl (C=O) groups excluding carboxylic acids is 3. The van der Waals surface area contributed by atoms with Crippen molar-refractivity contribution in [3.05, 3.63) is 72.4 Å². The summed E-state index contributed by atoms with van der Waals surface area (Å²) >= 11 is 0. The first-order valence-corrected chi connectivity index (χ1v) is 14.4. The smallest absolute Gasteiger partial charge is 0.323 e. The van der Waals surface area contributed by atoms with Gasteiger partial charge in [0.25, 0.3) is 0 Å². The molecule has 2 fully saturated rings. The van der Waals surface area contributed by atoms with Gasteiger partial charge in [-0.3, -0.25) is 14.9 Å². The van der Waals surface area contributed by atoms with Crippen molar-refractivity contribution in [2.24, 2.45) is 0 Å². The Morgan fingerprint density at radius 2 is 1.51 bits per heavy atom. The number of carbonyl (C=O) groups is 3. The lowest BCUT2D eigenvalue weighted by atomic mass is 10.0. The number of pyridine rings is 1. The summed E-state index contributed by atoms with van der Waals surface area (Å²) in [5.41, 5.74) is 0.206. The highest BCUT2D eigenvalue weighted by molar-refractivity contribution is 6.08. The van der Waals surface area contributed by atoms with Crippen LogP contribution < -0.4 is 20.7 Å². The quantitative estimate of drug-likeness (QED) is 0.293. The number of ether oxygens (including phenoxy) is 1. The van der Waals surface area contributed by atoms with Crippen LogP contribution in [0.5, 0.6) is 11.5 Å². The van der Waals surface area contributed by atoms with Crippen molar-refractivity contribution in [1.29, 1.82) is 0 Å². The van der Waals surface area contributed by atoms with Gasteiger partial charge in [-0.25, -0.2) is 18.6 Å². The number of likely N-dealkylation sites (tertiary alicyclic amines) is 2. The average molecular weight is 593 g/mol. The molecule has 1 aromatic heterocycles. The molecule has 0 radical (unpaired) electrons. The van der Waals surface area contributed by atoms with E-state index in [0.717, 1.165) is 32.0 Å². The van der Waals surface area contributed by atoms with Crippen LogP contribution in [0.4, 0.5) is 30.8 Å². The second-order valence-electron chi connectivity index (χ2n) is 10.6. The SMILES string of the molecule is O=C(CC(=O)Nc1ccc(Oc2ccnc(NC(=O)N3CCC(N4CCCCC4)CC3)c2)cc1F)Nc1ccc(F)cc1. The number of urea groups is 1. The van der Waals surface area contributed by atoms with Gasteiger partial charge in [0.2, 0.25) is 11.8 Å². The van der Waals surface area contributed by atoms with Gasteiger partial charge in [0.15, 0.2) is 0 Å². The molecule has 3 aromatic rings. The van der Waals surface area contributed by atoms with Gasteiger partial charge in [0.1, 0.15) is 35.4 Å². The van der Waals surface area contributed by atoms with Gasteiger partial charge >= 0.3 is 6.03 Å². The Hall–Kier alpha value is -4.58. The molecule has 0 bridgehead atoms. The van der Waals surface area contributed by atoms with Crippen molar-refractivity contribution < 1.29 is 27.9 Å². The summed E-state index contributed by atoms with van der Waals surface area (Å²) in [6.07, 6.45) is 6.63. The first-order valence-electron chi connectivity index (χ1n) is 14.4. The summed E-state index contributed by atoms with van der Waals surface area (Å²) in [7, 11) is 0. The summed E-state index contributed by atoms with van der Waals surface area (Å²) in [6, 6.07) is 12.4. The second kappa shape index (κ2) is 14.1. The number of halogens is 2. The van der Waals surface area contributed by atoms with Gasteiger partial charge in [-0.15, -0.1) is 0 Å². The average Bonchev–Trinajstić information content (AvgIpc) is 3.00. The van der Waals surface area contributed by atoms with Crippen molar-refractivity contribution in [1.82, 2.24) is 14.8 Å². The maximum absolute atomic E-state index is 14.7. The predicted octanol–water partition coefficient (Wildman–Crippen LogP) is 5.60. The Kier molecular flexibility index (Phi) is 9.77. The first kappa shape index (κ1) is 29.9. The number of aromatic nitrogens is 1. The number of nitrogens with one attached hydrogen (secondary N) is 3. The Labute approximate surface area is 248 Å². The van der Waals surface area contributed by atoms with Gasteiger partial charge in [-0.1, -0.05) is 6.42 Å². The van der Waals surface area contributed by atoms with Gasteiger partial charge in [0.05, 0.1) is 5.69 Å². The minimum absolute atomic E-state index is 0.126. The molecule has 226 valence electrons. The number of piperidine rings is 2. The Morgan fingerprint density at radius 1 is 0.814 bits per heavy atom. The van der Waals surface area contributed by atoms with E-state index in [-0.39, 0.29) is 17.5 Å². The van der Waals surface area contributed by atoms with E-state index in [1.165, 1.54) is 61.9 Å². The van der Waals surface area contributed by atoms with E-state index in [1.807, 2.05) is 0 Å². The lowest BCUT2D eigenvalue weighted by Gasteiger charge is -2.40. The first-order chi connectivity index (χ1) is 20.8. The fourth-order valence-electron chi connectivity index (χ4n) is 5.32. The molecule has 2 aliphatic rings. The summed E-state index contributed by atoms with van der Waals surface area (Å²) in [4.78, 5) is 45.7. The standard InChI is InChI=1S/C31H34F2N6O4/c32-21-4-6-22(7-5-21)35-29(40)20-30(41)36-27-9-8-24(18-26(27)33)43-25-10-13-34-28(19-25)37-31(42)39-16-11-23(12-17-39)38-14-2-1-3-15-38/h4-10,13,18-19,23H,1-3,11-12,14-17,20H2,(H,35,40)(H,36,41)(H,34,37,42). The molecule has 43 heavy (non-hydrogen) atoms. The van der Waals surface area contributed by atoms with Crippen LogP contribution in [-0.2, 0) is 9.59 Å². The largest absolute Gasteiger partial charge is 0.457 e. The molecule has 0 aliphatic carbocycles. The van der Waals surface area contributed by atoms with Crippen molar-refractivity contribution >= 4 is 35.0 Å². The zero-order valence-corrected chi connectivity index (χ0v) is 23.7. The zero-order chi connectivity index (χ0) is 30.2. The zero-order valence-electron chi connectivity index (χ0n) is 23.7. The molecule has 0 unspecified atom stereocenters. The van der Waals surface area contributed by atoms with Crippen molar-refractivity contribution in [2.45, 2.75) is 44.6 Å². The fourth-order valence-corrected chi connectivity index (χ4v) is 5.32. The molecule has 10 nitrogen and oxygen atoms in total. The molecule has 5 rings (SSSR count). The van der Waals surface area contributed by atoms with E-state index in [0.29, 0.717) is 36.4 Å². The summed E-state index contributed by atoms with van der Waals surface area (Å²) in [6.45, 7) is 3.66. The Bertz CT molecular complexity index is 1440. The van der Waals surface area contributed by atoms with Crippen LogP contribution in [0.2, 0.25) is 0 Å². The second-order valence-corrected chi connectivity index (χ2v) is 10.6. The third-order valence-electron chi connectivity index (χ3n) is 7.52. The fraction of sp³-hybridized carbons (Fsp3) is 0.355. The molecule has 2 aliphatic heterocycles. The molecule has 3 N–H and O–H groups in total. The van der Waals surface area contributed by atoms with E-state index in [9.17, 15) is 23.2 Å². The van der Waals surface area contributed by atoms with Crippen molar-refractivity contribution in [3.63, 3.8) is 0 Å². The molecule has 2 aromatic carbocycles. The van der Waals surface area contributed by atoms with E-state index in [2.05, 4.69) is 25.8 Å². The number of hydrogen-bond acceptors (Lipinski definition) is 6. The van der Waals surface area contributed by atoms with Crippen LogP contribution >= 0.6 is 0 Å². The maximum Gasteiger partial charge on any atom is 0.323 e. The minimum atomic E-state index is -0.764. The molecule has 0 spiro atoms. The van der Waals surface area contributed by atoms with Crippen molar-refractivity contribution in [3.8, 4) is 11.5 Å². The van der Waals surface area contributed by atoms with E-state index in [4.69, 9.17) is 4.74 Å². The number of hydrogen-bond donors (Lipinski definition) is 3. The number of benzene rings is 2.